The van der Waals surface area contributed by atoms with Gasteiger partial charge >= 0.3 is 0 Å². The zero-order valence-corrected chi connectivity index (χ0v) is 13.2. The zero-order chi connectivity index (χ0) is 14.7. The molecule has 0 unspecified atom stereocenters. The first kappa shape index (κ1) is 14.3. The van der Waals surface area contributed by atoms with E-state index in [9.17, 15) is 8.42 Å². The summed E-state index contributed by atoms with van der Waals surface area (Å²) in [4.78, 5) is 0. The second kappa shape index (κ2) is 6.02. The van der Waals surface area contributed by atoms with Gasteiger partial charge < -0.3 is 0 Å². The van der Waals surface area contributed by atoms with Gasteiger partial charge in [0.15, 0.2) is 0 Å². The van der Waals surface area contributed by atoms with E-state index in [1.54, 1.807) is 17.5 Å². The maximum Gasteiger partial charge on any atom is 0.250 e. The Kier molecular flexibility index (Phi) is 4.11. The lowest BCUT2D eigenvalue weighted by atomic mass is 10.1. The summed E-state index contributed by atoms with van der Waals surface area (Å²) in [5, 5.41) is 7.60. The van der Waals surface area contributed by atoms with Crippen LogP contribution in [0, 0.1) is 0 Å². The molecule has 2 heterocycles. The van der Waals surface area contributed by atoms with Crippen LogP contribution < -0.4 is 4.72 Å². The van der Waals surface area contributed by atoms with Crippen molar-refractivity contribution in [2.45, 2.75) is 10.8 Å². The van der Waals surface area contributed by atoms with Crippen molar-refractivity contribution in [2.24, 2.45) is 0 Å². The number of hydrogen-bond acceptors (Lipinski definition) is 6. The van der Waals surface area contributed by atoms with Gasteiger partial charge in [-0.3, -0.25) is 0 Å². The lowest BCUT2D eigenvalue weighted by Gasteiger charge is -2.05. The fraction of sp³-hybridized carbons (Fsp3) is 0.0769. The van der Waals surface area contributed by atoms with Gasteiger partial charge in [-0.05, 0) is 28.5 Å². The molecular weight excluding hydrogens is 326 g/mol. The van der Waals surface area contributed by atoms with E-state index in [4.69, 9.17) is 0 Å². The molecule has 0 radical (unpaired) electrons. The molecule has 0 aliphatic heterocycles. The highest BCUT2D eigenvalue weighted by atomic mass is 32.2. The standard InChI is InChI=1S/C13H11N3O2S3/c17-21(18,13-2-1-7-19-13)14-8-10-3-5-11(6-4-10)12-9-20-16-15-12/h1-7,9,14H,8H2. The highest BCUT2D eigenvalue weighted by molar-refractivity contribution is 7.91. The predicted octanol–water partition coefficient (Wildman–Crippen LogP) is 2.75. The van der Waals surface area contributed by atoms with E-state index in [0.29, 0.717) is 4.21 Å². The number of nitrogens with zero attached hydrogens (tertiary/aromatic N) is 2. The van der Waals surface area contributed by atoms with E-state index < -0.39 is 10.0 Å². The molecule has 3 rings (SSSR count). The average molecular weight is 337 g/mol. The molecule has 0 aliphatic rings. The quantitative estimate of drug-likeness (QED) is 0.777. The molecule has 21 heavy (non-hydrogen) atoms. The van der Waals surface area contributed by atoms with Crippen molar-refractivity contribution in [2.75, 3.05) is 0 Å². The third kappa shape index (κ3) is 3.35. The lowest BCUT2D eigenvalue weighted by Crippen LogP contribution is -2.22. The second-order valence-corrected chi connectivity index (χ2v) is 7.80. The summed E-state index contributed by atoms with van der Waals surface area (Å²) in [6, 6.07) is 10.9. The Labute approximate surface area is 130 Å². The molecule has 108 valence electrons. The highest BCUT2D eigenvalue weighted by Gasteiger charge is 2.14. The number of thiophene rings is 1. The van der Waals surface area contributed by atoms with Crippen LogP contribution in [0.25, 0.3) is 11.3 Å². The summed E-state index contributed by atoms with van der Waals surface area (Å²) in [7, 11) is -3.42. The Hall–Kier alpha value is -1.61. The molecule has 0 atom stereocenters. The molecule has 0 saturated heterocycles. The van der Waals surface area contributed by atoms with Crippen LogP contribution in [0.4, 0.5) is 0 Å². The zero-order valence-electron chi connectivity index (χ0n) is 10.8. The fourth-order valence-electron chi connectivity index (χ4n) is 1.75. The molecule has 1 N–H and O–H groups in total. The van der Waals surface area contributed by atoms with Crippen LogP contribution in [-0.4, -0.2) is 18.0 Å². The number of aromatic nitrogens is 2. The molecule has 3 aromatic rings. The van der Waals surface area contributed by atoms with Gasteiger partial charge in [-0.1, -0.05) is 34.8 Å². The van der Waals surface area contributed by atoms with Crippen LogP contribution in [-0.2, 0) is 16.6 Å². The van der Waals surface area contributed by atoms with Crippen LogP contribution in [0.5, 0.6) is 0 Å². The van der Waals surface area contributed by atoms with Crippen molar-refractivity contribution in [1.29, 1.82) is 0 Å². The van der Waals surface area contributed by atoms with Gasteiger partial charge in [0, 0.05) is 17.5 Å². The Morgan fingerprint density at radius 3 is 2.57 bits per heavy atom. The summed E-state index contributed by atoms with van der Waals surface area (Å²) in [6.07, 6.45) is 0. The van der Waals surface area contributed by atoms with E-state index in [1.807, 2.05) is 29.6 Å². The molecule has 0 saturated carbocycles. The lowest BCUT2D eigenvalue weighted by molar-refractivity contribution is 0.583. The number of sulfonamides is 1. The van der Waals surface area contributed by atoms with Crippen LogP contribution >= 0.6 is 22.9 Å². The Morgan fingerprint density at radius 1 is 1.14 bits per heavy atom. The average Bonchev–Trinajstić information content (AvgIpc) is 3.19. The molecule has 2 aromatic heterocycles. The first-order valence-electron chi connectivity index (χ1n) is 6.05. The summed E-state index contributed by atoms with van der Waals surface area (Å²) in [5.74, 6) is 0. The largest absolute Gasteiger partial charge is 0.250 e. The maximum absolute atomic E-state index is 12.0. The van der Waals surface area contributed by atoms with Gasteiger partial charge in [0.1, 0.15) is 9.90 Å². The topological polar surface area (TPSA) is 72.0 Å². The van der Waals surface area contributed by atoms with E-state index in [2.05, 4.69) is 14.3 Å². The molecule has 1 aromatic carbocycles. The molecule has 0 spiro atoms. The van der Waals surface area contributed by atoms with Crippen LogP contribution in [0.2, 0.25) is 0 Å². The first-order valence-corrected chi connectivity index (χ1v) is 9.25. The van der Waals surface area contributed by atoms with Crippen LogP contribution in [0.1, 0.15) is 5.56 Å². The Balaban J connectivity index is 1.69. The molecule has 0 aliphatic carbocycles. The molecule has 8 heteroatoms. The van der Waals surface area contributed by atoms with Gasteiger partial charge in [0.2, 0.25) is 10.0 Å². The van der Waals surface area contributed by atoms with Gasteiger partial charge in [0.05, 0.1) is 0 Å². The minimum absolute atomic E-state index is 0.260. The van der Waals surface area contributed by atoms with Crippen LogP contribution in [0.3, 0.4) is 0 Å². The minimum atomic E-state index is -3.42. The summed E-state index contributed by atoms with van der Waals surface area (Å²) in [5.41, 5.74) is 2.68. The van der Waals surface area contributed by atoms with Gasteiger partial charge in [-0.15, -0.1) is 16.4 Å². The van der Waals surface area contributed by atoms with Crippen molar-refractivity contribution in [3.05, 3.63) is 52.7 Å². The van der Waals surface area contributed by atoms with Crippen molar-refractivity contribution < 1.29 is 8.42 Å². The van der Waals surface area contributed by atoms with Crippen molar-refractivity contribution in [3.8, 4) is 11.3 Å². The van der Waals surface area contributed by atoms with E-state index in [-0.39, 0.29) is 6.54 Å². The van der Waals surface area contributed by atoms with E-state index in [1.165, 1.54) is 22.9 Å². The molecule has 0 amide bonds. The van der Waals surface area contributed by atoms with E-state index >= 15 is 0 Å². The van der Waals surface area contributed by atoms with Gasteiger partial charge in [-0.2, -0.15) is 0 Å². The number of nitrogens with one attached hydrogen (secondary N) is 1. The third-order valence-corrected chi connectivity index (χ3v) is 6.14. The Morgan fingerprint density at radius 2 is 1.95 bits per heavy atom. The van der Waals surface area contributed by atoms with Crippen LogP contribution in [0.15, 0.2) is 51.4 Å². The number of benzene rings is 1. The molecule has 5 nitrogen and oxygen atoms in total. The Bertz CT molecular complexity index is 795. The number of rotatable bonds is 5. The van der Waals surface area contributed by atoms with Gasteiger partial charge in [0.25, 0.3) is 0 Å². The van der Waals surface area contributed by atoms with Gasteiger partial charge in [-0.25, -0.2) is 13.1 Å². The normalized spacial score (nSPS) is 11.6. The molecule has 0 bridgehead atoms. The van der Waals surface area contributed by atoms with Crippen molar-refractivity contribution >= 4 is 32.9 Å². The third-order valence-electron chi connectivity index (χ3n) is 2.84. The van der Waals surface area contributed by atoms with E-state index in [0.717, 1.165) is 16.8 Å². The summed E-state index contributed by atoms with van der Waals surface area (Å²) in [6.45, 7) is 0.260. The monoisotopic (exact) mass is 337 g/mol. The van der Waals surface area contributed by atoms with Crippen molar-refractivity contribution in [1.82, 2.24) is 14.3 Å². The SMILES string of the molecule is O=S(=O)(NCc1ccc(-c2csnn2)cc1)c1cccs1. The molecular formula is C13H11N3O2S3. The minimum Gasteiger partial charge on any atom is -0.206 e. The van der Waals surface area contributed by atoms with Crippen molar-refractivity contribution in [3.63, 3.8) is 0 Å². The fourth-order valence-corrected chi connectivity index (χ4v) is 4.27. The predicted molar refractivity (Wildman–Crippen MR) is 83.7 cm³/mol. The summed E-state index contributed by atoms with van der Waals surface area (Å²) >= 11 is 2.50. The second-order valence-electron chi connectivity index (χ2n) is 4.24. The highest BCUT2D eigenvalue weighted by Crippen LogP contribution is 2.19. The summed E-state index contributed by atoms with van der Waals surface area (Å²) < 4.78 is 30.7. The molecule has 0 fully saturated rings. The maximum atomic E-state index is 12.0. The number of hydrogen-bond donors (Lipinski definition) is 1. The smallest absolute Gasteiger partial charge is 0.206 e. The first-order chi connectivity index (χ1) is 10.1.